The summed E-state index contributed by atoms with van der Waals surface area (Å²) in [5.74, 6) is 0.332. The van der Waals surface area contributed by atoms with Gasteiger partial charge in [-0.25, -0.2) is 4.98 Å². The maximum atomic E-state index is 8.35. The van der Waals surface area contributed by atoms with Gasteiger partial charge in [0, 0.05) is 5.56 Å². The first kappa shape index (κ1) is 7.83. The lowest BCUT2D eigenvalue weighted by atomic mass is 10.2. The van der Waals surface area contributed by atoms with Gasteiger partial charge in [-0.2, -0.15) is 5.26 Å². The second kappa shape index (κ2) is 3.22. The molecule has 1 heterocycles. The SMILES string of the molecule is N#CCc1ccc(Cl)nc1N. The van der Waals surface area contributed by atoms with Crippen LogP contribution in [0.15, 0.2) is 12.1 Å². The van der Waals surface area contributed by atoms with E-state index in [1.165, 1.54) is 0 Å². The summed E-state index contributed by atoms with van der Waals surface area (Å²) < 4.78 is 0. The molecule has 11 heavy (non-hydrogen) atoms. The normalized spacial score (nSPS) is 9.09. The van der Waals surface area contributed by atoms with E-state index in [9.17, 15) is 0 Å². The van der Waals surface area contributed by atoms with E-state index in [1.54, 1.807) is 12.1 Å². The van der Waals surface area contributed by atoms with E-state index >= 15 is 0 Å². The fraction of sp³-hybridized carbons (Fsp3) is 0.143. The molecule has 3 nitrogen and oxygen atoms in total. The molecule has 4 heteroatoms. The van der Waals surface area contributed by atoms with Gasteiger partial charge in [0.2, 0.25) is 0 Å². The van der Waals surface area contributed by atoms with Crippen LogP contribution in [-0.4, -0.2) is 4.98 Å². The molecule has 0 fully saturated rings. The summed E-state index contributed by atoms with van der Waals surface area (Å²) in [5.41, 5.74) is 6.18. The van der Waals surface area contributed by atoms with Crippen LogP contribution in [0.5, 0.6) is 0 Å². The number of nitrogens with zero attached hydrogens (tertiary/aromatic N) is 2. The van der Waals surface area contributed by atoms with Crippen LogP contribution < -0.4 is 5.73 Å². The summed E-state index contributed by atoms with van der Waals surface area (Å²) in [5, 5.41) is 8.70. The highest BCUT2D eigenvalue weighted by atomic mass is 35.5. The molecule has 0 atom stereocenters. The minimum Gasteiger partial charge on any atom is -0.383 e. The second-order valence-electron chi connectivity index (χ2n) is 2.01. The van der Waals surface area contributed by atoms with Crippen molar-refractivity contribution in [2.24, 2.45) is 0 Å². The Bertz CT molecular complexity index is 303. The predicted octanol–water partition coefficient (Wildman–Crippen LogP) is 1.38. The lowest BCUT2D eigenvalue weighted by molar-refractivity contribution is 1.20. The molecule has 0 bridgehead atoms. The number of halogens is 1. The highest BCUT2D eigenvalue weighted by molar-refractivity contribution is 6.29. The summed E-state index contributed by atoms with van der Waals surface area (Å²) in [7, 11) is 0. The maximum Gasteiger partial charge on any atom is 0.131 e. The molecule has 0 spiro atoms. The maximum absolute atomic E-state index is 8.35. The first-order valence-electron chi connectivity index (χ1n) is 3.02. The lowest BCUT2D eigenvalue weighted by Crippen LogP contribution is -1.96. The Hall–Kier alpha value is -1.27. The van der Waals surface area contributed by atoms with Gasteiger partial charge in [0.25, 0.3) is 0 Å². The molecule has 0 aliphatic heterocycles. The van der Waals surface area contributed by atoms with Crippen molar-refractivity contribution < 1.29 is 0 Å². The Morgan fingerprint density at radius 3 is 2.91 bits per heavy atom. The predicted molar refractivity (Wildman–Crippen MR) is 43.0 cm³/mol. The van der Waals surface area contributed by atoms with E-state index in [1.807, 2.05) is 6.07 Å². The molecule has 56 valence electrons. The molecule has 0 aliphatic rings. The minimum atomic E-state index is 0.274. The third-order valence-corrected chi connectivity index (χ3v) is 1.46. The van der Waals surface area contributed by atoms with E-state index in [0.29, 0.717) is 11.0 Å². The summed E-state index contributed by atoms with van der Waals surface area (Å²) >= 11 is 5.54. The van der Waals surface area contributed by atoms with Crippen LogP contribution in [0.4, 0.5) is 5.82 Å². The zero-order valence-electron chi connectivity index (χ0n) is 5.71. The third-order valence-electron chi connectivity index (χ3n) is 1.25. The largest absolute Gasteiger partial charge is 0.383 e. The number of hydrogen-bond acceptors (Lipinski definition) is 3. The van der Waals surface area contributed by atoms with E-state index < -0.39 is 0 Å². The number of aromatic nitrogens is 1. The summed E-state index contributed by atoms with van der Waals surface area (Å²) in [6.07, 6.45) is 0.274. The fourth-order valence-electron chi connectivity index (χ4n) is 0.714. The second-order valence-corrected chi connectivity index (χ2v) is 2.40. The topological polar surface area (TPSA) is 62.7 Å². The summed E-state index contributed by atoms with van der Waals surface area (Å²) in [6, 6.07) is 5.30. The lowest BCUT2D eigenvalue weighted by Gasteiger charge is -1.98. The van der Waals surface area contributed by atoms with Gasteiger partial charge in [-0.1, -0.05) is 17.7 Å². The number of nitrogen functional groups attached to an aromatic ring is 1. The molecule has 0 unspecified atom stereocenters. The van der Waals surface area contributed by atoms with Crippen molar-refractivity contribution in [3.05, 3.63) is 22.8 Å². The monoisotopic (exact) mass is 167 g/mol. The number of anilines is 1. The van der Waals surface area contributed by atoms with E-state index in [-0.39, 0.29) is 6.42 Å². The van der Waals surface area contributed by atoms with Crippen molar-refractivity contribution in [1.82, 2.24) is 4.98 Å². The van der Waals surface area contributed by atoms with Crippen molar-refractivity contribution in [2.45, 2.75) is 6.42 Å². The van der Waals surface area contributed by atoms with Gasteiger partial charge in [-0.15, -0.1) is 0 Å². The molecular formula is C7H6ClN3. The van der Waals surface area contributed by atoms with Crippen LogP contribution in [0.3, 0.4) is 0 Å². The zero-order valence-corrected chi connectivity index (χ0v) is 6.47. The molecule has 0 saturated carbocycles. The molecule has 1 aromatic heterocycles. The van der Waals surface area contributed by atoms with Gasteiger partial charge in [0.1, 0.15) is 11.0 Å². The van der Waals surface area contributed by atoms with Gasteiger partial charge in [0.05, 0.1) is 12.5 Å². The Morgan fingerprint density at radius 1 is 1.64 bits per heavy atom. The van der Waals surface area contributed by atoms with Crippen molar-refractivity contribution in [1.29, 1.82) is 5.26 Å². The van der Waals surface area contributed by atoms with E-state index in [2.05, 4.69) is 4.98 Å². The number of rotatable bonds is 1. The van der Waals surface area contributed by atoms with Crippen LogP contribution in [0.25, 0.3) is 0 Å². The van der Waals surface area contributed by atoms with Crippen molar-refractivity contribution >= 4 is 17.4 Å². The summed E-state index contributed by atoms with van der Waals surface area (Å²) in [6.45, 7) is 0. The molecule has 0 aliphatic carbocycles. The average Bonchev–Trinajstić information content (AvgIpc) is 1.95. The van der Waals surface area contributed by atoms with Crippen molar-refractivity contribution in [3.63, 3.8) is 0 Å². The van der Waals surface area contributed by atoms with Crippen molar-refractivity contribution in [3.8, 4) is 6.07 Å². The Labute approximate surface area is 69.4 Å². The Balaban J connectivity index is 3.01. The highest BCUT2D eigenvalue weighted by Gasteiger charge is 1.99. The van der Waals surface area contributed by atoms with Gasteiger partial charge in [-0.05, 0) is 6.07 Å². The standard InChI is InChI=1S/C7H6ClN3/c8-6-2-1-5(3-4-9)7(10)11-6/h1-2H,3H2,(H2,10,11). The highest BCUT2D eigenvalue weighted by Crippen LogP contribution is 2.12. The molecule has 0 amide bonds. The Kier molecular flexibility index (Phi) is 2.29. The molecule has 0 saturated heterocycles. The number of pyridine rings is 1. The Morgan fingerprint density at radius 2 is 2.36 bits per heavy atom. The molecule has 0 radical (unpaired) electrons. The zero-order chi connectivity index (χ0) is 8.27. The number of hydrogen-bond donors (Lipinski definition) is 1. The number of nitriles is 1. The molecular weight excluding hydrogens is 162 g/mol. The van der Waals surface area contributed by atoms with Gasteiger partial charge >= 0.3 is 0 Å². The van der Waals surface area contributed by atoms with Crippen LogP contribution in [0.2, 0.25) is 5.15 Å². The van der Waals surface area contributed by atoms with Crippen LogP contribution in [-0.2, 0) is 6.42 Å². The molecule has 0 aromatic carbocycles. The van der Waals surface area contributed by atoms with Crippen LogP contribution in [0.1, 0.15) is 5.56 Å². The smallest absolute Gasteiger partial charge is 0.131 e. The quantitative estimate of drug-likeness (QED) is 0.643. The third kappa shape index (κ3) is 1.82. The van der Waals surface area contributed by atoms with Crippen LogP contribution in [0, 0.1) is 11.3 Å². The first-order chi connectivity index (χ1) is 5.24. The molecule has 2 N–H and O–H groups in total. The van der Waals surface area contributed by atoms with Gasteiger partial charge in [-0.3, -0.25) is 0 Å². The van der Waals surface area contributed by atoms with Crippen LogP contribution >= 0.6 is 11.6 Å². The average molecular weight is 168 g/mol. The van der Waals surface area contributed by atoms with Crippen molar-refractivity contribution in [2.75, 3.05) is 5.73 Å². The van der Waals surface area contributed by atoms with Gasteiger partial charge < -0.3 is 5.73 Å². The molecule has 1 rings (SSSR count). The fourth-order valence-corrected chi connectivity index (χ4v) is 0.868. The first-order valence-corrected chi connectivity index (χ1v) is 3.39. The summed E-state index contributed by atoms with van der Waals surface area (Å²) in [4.78, 5) is 3.78. The van der Waals surface area contributed by atoms with Gasteiger partial charge in [0.15, 0.2) is 0 Å². The molecule has 1 aromatic rings. The van der Waals surface area contributed by atoms with E-state index in [4.69, 9.17) is 22.6 Å². The van der Waals surface area contributed by atoms with E-state index in [0.717, 1.165) is 5.56 Å². The number of nitrogens with two attached hydrogens (primary N) is 1. The minimum absolute atomic E-state index is 0.274.